The van der Waals surface area contributed by atoms with Crippen LogP contribution in [0.1, 0.15) is 53.4 Å². The van der Waals surface area contributed by atoms with Gasteiger partial charge in [-0.15, -0.1) is 0 Å². The van der Waals surface area contributed by atoms with Crippen molar-refractivity contribution < 1.29 is 14.7 Å². The summed E-state index contributed by atoms with van der Waals surface area (Å²) in [6.07, 6.45) is 3.39. The van der Waals surface area contributed by atoms with Gasteiger partial charge in [-0.25, -0.2) is 4.79 Å². The van der Waals surface area contributed by atoms with Gasteiger partial charge in [-0.2, -0.15) is 0 Å². The van der Waals surface area contributed by atoms with Crippen LogP contribution in [0.4, 0.5) is 0 Å². The number of carbonyl (C=O) groups is 2. The molecule has 1 amide bonds. The standard InChI is InChI=1S/C13H23NO3/c1-9(2)14(11(4)15)13(12(16)17)8-6-5-7-10(13)3/h9-10H,5-8H2,1-4H3,(H,16,17). The van der Waals surface area contributed by atoms with E-state index in [9.17, 15) is 14.7 Å². The first-order valence-electron chi connectivity index (χ1n) is 6.37. The molecule has 2 unspecified atom stereocenters. The van der Waals surface area contributed by atoms with E-state index in [0.29, 0.717) is 6.42 Å². The third kappa shape index (κ3) is 2.31. The van der Waals surface area contributed by atoms with Gasteiger partial charge >= 0.3 is 5.97 Å². The van der Waals surface area contributed by atoms with Gasteiger partial charge in [-0.05, 0) is 32.6 Å². The lowest BCUT2D eigenvalue weighted by atomic mass is 9.72. The molecule has 0 aromatic heterocycles. The highest BCUT2D eigenvalue weighted by Gasteiger charge is 2.51. The molecule has 0 bridgehead atoms. The van der Waals surface area contributed by atoms with Crippen LogP contribution in [0.25, 0.3) is 0 Å². The summed E-state index contributed by atoms with van der Waals surface area (Å²) in [5.74, 6) is -0.982. The molecular formula is C13H23NO3. The van der Waals surface area contributed by atoms with E-state index >= 15 is 0 Å². The molecule has 4 nitrogen and oxygen atoms in total. The Labute approximate surface area is 103 Å². The summed E-state index contributed by atoms with van der Waals surface area (Å²) in [5, 5.41) is 9.63. The Bertz CT molecular complexity index is 314. The third-order valence-electron chi connectivity index (χ3n) is 3.92. The van der Waals surface area contributed by atoms with E-state index in [1.54, 1.807) is 4.90 Å². The molecular weight excluding hydrogens is 218 g/mol. The lowest BCUT2D eigenvalue weighted by Crippen LogP contribution is -2.63. The van der Waals surface area contributed by atoms with Crippen LogP contribution in [0.15, 0.2) is 0 Å². The van der Waals surface area contributed by atoms with E-state index < -0.39 is 11.5 Å². The van der Waals surface area contributed by atoms with Gasteiger partial charge in [-0.3, -0.25) is 4.79 Å². The van der Waals surface area contributed by atoms with Crippen LogP contribution in [-0.4, -0.2) is 33.5 Å². The summed E-state index contributed by atoms with van der Waals surface area (Å²) in [5.41, 5.74) is -1.00. The number of rotatable bonds is 3. The summed E-state index contributed by atoms with van der Waals surface area (Å²) in [6, 6.07) is -0.0795. The molecule has 1 aliphatic carbocycles. The highest BCUT2D eigenvalue weighted by atomic mass is 16.4. The van der Waals surface area contributed by atoms with Crippen molar-refractivity contribution in [2.75, 3.05) is 0 Å². The lowest BCUT2D eigenvalue weighted by molar-refractivity contribution is -0.168. The van der Waals surface area contributed by atoms with Crippen molar-refractivity contribution in [3.05, 3.63) is 0 Å². The van der Waals surface area contributed by atoms with Crippen molar-refractivity contribution in [2.45, 2.75) is 65.0 Å². The number of aliphatic carboxylic acids is 1. The molecule has 1 aliphatic rings. The number of amides is 1. The number of carboxylic acids is 1. The van der Waals surface area contributed by atoms with Gasteiger partial charge < -0.3 is 10.0 Å². The Morgan fingerprint density at radius 2 is 1.94 bits per heavy atom. The molecule has 98 valence electrons. The molecule has 17 heavy (non-hydrogen) atoms. The van der Waals surface area contributed by atoms with Crippen LogP contribution in [0.5, 0.6) is 0 Å². The molecule has 0 spiro atoms. The van der Waals surface area contributed by atoms with Gasteiger partial charge in [0.15, 0.2) is 0 Å². The van der Waals surface area contributed by atoms with E-state index in [4.69, 9.17) is 0 Å². The number of hydrogen-bond donors (Lipinski definition) is 1. The predicted molar refractivity (Wildman–Crippen MR) is 65.7 cm³/mol. The average Bonchev–Trinajstić information content (AvgIpc) is 2.19. The largest absolute Gasteiger partial charge is 0.479 e. The summed E-state index contributed by atoms with van der Waals surface area (Å²) in [6.45, 7) is 7.18. The zero-order valence-corrected chi connectivity index (χ0v) is 11.2. The van der Waals surface area contributed by atoms with Crippen LogP contribution in [0.2, 0.25) is 0 Å². The Morgan fingerprint density at radius 3 is 2.29 bits per heavy atom. The fraction of sp³-hybridized carbons (Fsp3) is 0.846. The van der Waals surface area contributed by atoms with Crippen LogP contribution < -0.4 is 0 Å². The average molecular weight is 241 g/mol. The Kier molecular flexibility index (Phi) is 4.17. The predicted octanol–water partition coefficient (Wildman–Crippen LogP) is 2.28. The van der Waals surface area contributed by atoms with Crippen LogP contribution >= 0.6 is 0 Å². The van der Waals surface area contributed by atoms with Gasteiger partial charge in [0.1, 0.15) is 5.54 Å². The van der Waals surface area contributed by atoms with E-state index in [1.165, 1.54) is 6.92 Å². The van der Waals surface area contributed by atoms with Crippen LogP contribution in [0.3, 0.4) is 0 Å². The molecule has 0 saturated heterocycles. The fourth-order valence-electron chi connectivity index (χ4n) is 3.21. The molecule has 0 aromatic carbocycles. The highest BCUT2D eigenvalue weighted by molar-refractivity contribution is 5.86. The summed E-state index contributed by atoms with van der Waals surface area (Å²) in [7, 11) is 0. The number of carboxylic acid groups (broad SMARTS) is 1. The third-order valence-corrected chi connectivity index (χ3v) is 3.92. The molecule has 0 aliphatic heterocycles. The van der Waals surface area contributed by atoms with Crippen molar-refractivity contribution in [1.29, 1.82) is 0 Å². The van der Waals surface area contributed by atoms with Gasteiger partial charge in [-0.1, -0.05) is 19.8 Å². The van der Waals surface area contributed by atoms with Crippen LogP contribution in [0, 0.1) is 5.92 Å². The first-order chi connectivity index (χ1) is 7.84. The molecule has 1 saturated carbocycles. The molecule has 4 heteroatoms. The van der Waals surface area contributed by atoms with E-state index in [-0.39, 0.29) is 17.9 Å². The van der Waals surface area contributed by atoms with Crippen LogP contribution in [-0.2, 0) is 9.59 Å². The monoisotopic (exact) mass is 241 g/mol. The van der Waals surface area contributed by atoms with Gasteiger partial charge in [0.05, 0.1) is 0 Å². The summed E-state index contributed by atoms with van der Waals surface area (Å²) < 4.78 is 0. The quantitative estimate of drug-likeness (QED) is 0.824. The smallest absolute Gasteiger partial charge is 0.329 e. The van der Waals surface area contributed by atoms with Crippen molar-refractivity contribution in [2.24, 2.45) is 5.92 Å². The Hall–Kier alpha value is -1.06. The fourth-order valence-corrected chi connectivity index (χ4v) is 3.21. The molecule has 1 fully saturated rings. The van der Waals surface area contributed by atoms with E-state index in [1.807, 2.05) is 20.8 Å². The minimum Gasteiger partial charge on any atom is -0.479 e. The zero-order chi connectivity index (χ0) is 13.2. The van der Waals surface area contributed by atoms with E-state index in [2.05, 4.69) is 0 Å². The normalized spacial score (nSPS) is 29.1. The molecule has 0 aromatic rings. The minimum atomic E-state index is -1.00. The first kappa shape index (κ1) is 14.0. The summed E-state index contributed by atoms with van der Waals surface area (Å²) >= 11 is 0. The van der Waals surface area contributed by atoms with Crippen molar-refractivity contribution in [3.8, 4) is 0 Å². The maximum atomic E-state index is 11.8. The van der Waals surface area contributed by atoms with Gasteiger partial charge in [0.2, 0.25) is 5.91 Å². The lowest BCUT2D eigenvalue weighted by Gasteiger charge is -2.48. The number of nitrogens with zero attached hydrogens (tertiary/aromatic N) is 1. The van der Waals surface area contributed by atoms with Gasteiger partial charge in [0.25, 0.3) is 0 Å². The van der Waals surface area contributed by atoms with E-state index in [0.717, 1.165) is 19.3 Å². The molecule has 0 radical (unpaired) electrons. The highest BCUT2D eigenvalue weighted by Crippen LogP contribution is 2.39. The summed E-state index contributed by atoms with van der Waals surface area (Å²) in [4.78, 5) is 25.1. The SMILES string of the molecule is CC(=O)N(C(C)C)C1(C(=O)O)CCCCC1C. The second-order valence-corrected chi connectivity index (χ2v) is 5.36. The van der Waals surface area contributed by atoms with Crippen molar-refractivity contribution in [1.82, 2.24) is 4.90 Å². The second kappa shape index (κ2) is 5.07. The molecule has 1 rings (SSSR count). The number of hydrogen-bond acceptors (Lipinski definition) is 2. The van der Waals surface area contributed by atoms with Gasteiger partial charge in [0, 0.05) is 13.0 Å². The maximum Gasteiger partial charge on any atom is 0.329 e. The van der Waals surface area contributed by atoms with Crippen molar-refractivity contribution in [3.63, 3.8) is 0 Å². The molecule has 1 N–H and O–H groups in total. The maximum absolute atomic E-state index is 11.8. The first-order valence-corrected chi connectivity index (χ1v) is 6.37. The second-order valence-electron chi connectivity index (χ2n) is 5.36. The Morgan fingerprint density at radius 1 is 1.35 bits per heavy atom. The minimum absolute atomic E-state index is 0.0139. The van der Waals surface area contributed by atoms with Crippen molar-refractivity contribution >= 4 is 11.9 Å². The zero-order valence-electron chi connectivity index (χ0n) is 11.2. The molecule has 0 heterocycles. The Balaban J connectivity index is 3.21. The molecule has 2 atom stereocenters. The number of carbonyl (C=O) groups excluding carboxylic acids is 1. The topological polar surface area (TPSA) is 57.6 Å².